The maximum atomic E-state index is 12.7. The van der Waals surface area contributed by atoms with E-state index in [1.807, 2.05) is 36.9 Å². The second kappa shape index (κ2) is 7.57. The van der Waals surface area contributed by atoms with Crippen LogP contribution < -0.4 is 5.32 Å². The molecular weight excluding hydrogens is 304 g/mol. The van der Waals surface area contributed by atoms with Crippen molar-refractivity contribution < 1.29 is 9.32 Å². The van der Waals surface area contributed by atoms with E-state index in [2.05, 4.69) is 27.6 Å². The first kappa shape index (κ1) is 16.6. The van der Waals surface area contributed by atoms with Crippen LogP contribution >= 0.6 is 0 Å². The summed E-state index contributed by atoms with van der Waals surface area (Å²) >= 11 is 0. The highest BCUT2D eigenvalue weighted by atomic mass is 16.5. The minimum absolute atomic E-state index is 0.0846. The molecule has 1 atom stereocenters. The van der Waals surface area contributed by atoms with E-state index in [1.54, 1.807) is 0 Å². The summed E-state index contributed by atoms with van der Waals surface area (Å²) in [6, 6.07) is 10.3. The molecule has 1 amide bonds. The predicted molar refractivity (Wildman–Crippen MR) is 90.5 cm³/mol. The molecule has 0 unspecified atom stereocenters. The Bertz CT molecular complexity index is 669. The topological polar surface area (TPSA) is 71.3 Å². The van der Waals surface area contributed by atoms with E-state index in [0.29, 0.717) is 24.6 Å². The third kappa shape index (κ3) is 3.82. The lowest BCUT2D eigenvalue weighted by Gasteiger charge is -2.36. The highest BCUT2D eigenvalue weighted by Crippen LogP contribution is 2.23. The average Bonchev–Trinajstić information content (AvgIpc) is 3.10. The first-order valence-corrected chi connectivity index (χ1v) is 8.52. The number of aryl methyl sites for hydroxylation is 1. The summed E-state index contributed by atoms with van der Waals surface area (Å²) in [5, 5.41) is 7.32. The molecule has 3 rings (SSSR count). The van der Waals surface area contributed by atoms with Gasteiger partial charge < -0.3 is 14.7 Å². The van der Waals surface area contributed by atoms with Gasteiger partial charge in [-0.25, -0.2) is 0 Å². The molecule has 1 aromatic carbocycles. The Balaban J connectivity index is 1.63. The van der Waals surface area contributed by atoms with Gasteiger partial charge in [0.1, 0.15) is 0 Å². The summed E-state index contributed by atoms with van der Waals surface area (Å²) in [5.41, 5.74) is 1.16. The van der Waals surface area contributed by atoms with Gasteiger partial charge in [0.2, 0.25) is 11.8 Å². The SMILES string of the molecule is CC(C)c1noc(CCC(=O)N2CCNC[C@H]2c2ccccc2)n1. The number of hydrogen-bond donors (Lipinski definition) is 1. The Morgan fingerprint density at radius 2 is 2.17 bits per heavy atom. The van der Waals surface area contributed by atoms with Gasteiger partial charge in [-0.1, -0.05) is 49.3 Å². The average molecular weight is 328 g/mol. The standard InChI is InChI=1S/C18H24N4O2/c1-13(2)18-20-16(24-21-18)8-9-17(23)22-11-10-19-12-15(22)14-6-4-3-5-7-14/h3-7,13,15,19H,8-12H2,1-2H3/t15-/m0/s1. The molecule has 1 aliphatic heterocycles. The molecule has 24 heavy (non-hydrogen) atoms. The second-order valence-electron chi connectivity index (χ2n) is 6.42. The molecule has 0 aliphatic carbocycles. The number of carbonyl (C=O) groups is 1. The quantitative estimate of drug-likeness (QED) is 0.912. The minimum atomic E-state index is 0.0846. The lowest BCUT2D eigenvalue weighted by molar-refractivity contribution is -0.134. The molecule has 1 N–H and O–H groups in total. The van der Waals surface area contributed by atoms with E-state index >= 15 is 0 Å². The van der Waals surface area contributed by atoms with Gasteiger partial charge in [0, 0.05) is 38.4 Å². The molecule has 6 heteroatoms. The number of piperazine rings is 1. The summed E-state index contributed by atoms with van der Waals surface area (Å²) in [6.45, 7) is 6.37. The second-order valence-corrected chi connectivity index (χ2v) is 6.42. The maximum Gasteiger partial charge on any atom is 0.227 e. The van der Waals surface area contributed by atoms with Gasteiger partial charge in [0.05, 0.1) is 6.04 Å². The lowest BCUT2D eigenvalue weighted by Crippen LogP contribution is -2.48. The summed E-state index contributed by atoms with van der Waals surface area (Å²) in [5.74, 6) is 1.60. The summed E-state index contributed by atoms with van der Waals surface area (Å²) in [4.78, 5) is 19.0. The van der Waals surface area contributed by atoms with Crippen LogP contribution in [-0.2, 0) is 11.2 Å². The van der Waals surface area contributed by atoms with E-state index < -0.39 is 0 Å². The third-order valence-corrected chi connectivity index (χ3v) is 4.30. The Morgan fingerprint density at radius 3 is 2.88 bits per heavy atom. The van der Waals surface area contributed by atoms with Crippen molar-refractivity contribution in [2.24, 2.45) is 0 Å². The van der Waals surface area contributed by atoms with E-state index in [-0.39, 0.29) is 17.9 Å². The zero-order valence-corrected chi connectivity index (χ0v) is 14.2. The van der Waals surface area contributed by atoms with Gasteiger partial charge in [-0.15, -0.1) is 0 Å². The number of benzene rings is 1. The monoisotopic (exact) mass is 328 g/mol. The third-order valence-electron chi connectivity index (χ3n) is 4.30. The highest BCUT2D eigenvalue weighted by molar-refractivity contribution is 5.77. The van der Waals surface area contributed by atoms with Crippen molar-refractivity contribution in [3.8, 4) is 0 Å². The fourth-order valence-electron chi connectivity index (χ4n) is 2.94. The molecule has 1 fully saturated rings. The molecule has 1 aromatic heterocycles. The van der Waals surface area contributed by atoms with Crippen LogP contribution in [0, 0.1) is 0 Å². The van der Waals surface area contributed by atoms with Crippen LogP contribution in [0.5, 0.6) is 0 Å². The molecule has 0 spiro atoms. The molecule has 1 saturated heterocycles. The van der Waals surface area contributed by atoms with Crippen molar-refractivity contribution in [1.82, 2.24) is 20.4 Å². The Labute approximate surface area is 142 Å². The van der Waals surface area contributed by atoms with E-state index in [9.17, 15) is 4.79 Å². The first-order chi connectivity index (χ1) is 11.6. The van der Waals surface area contributed by atoms with Crippen LogP contribution in [-0.4, -0.2) is 40.6 Å². The van der Waals surface area contributed by atoms with Crippen molar-refractivity contribution in [3.05, 3.63) is 47.6 Å². The van der Waals surface area contributed by atoms with Crippen LogP contribution in [0.3, 0.4) is 0 Å². The zero-order valence-electron chi connectivity index (χ0n) is 14.2. The van der Waals surface area contributed by atoms with Gasteiger partial charge in [0.15, 0.2) is 5.82 Å². The molecule has 128 valence electrons. The number of rotatable bonds is 5. The molecule has 2 heterocycles. The fraction of sp³-hybridized carbons (Fsp3) is 0.500. The number of carbonyl (C=O) groups excluding carboxylic acids is 1. The van der Waals surface area contributed by atoms with Crippen molar-refractivity contribution in [2.75, 3.05) is 19.6 Å². The lowest BCUT2D eigenvalue weighted by atomic mass is 10.0. The smallest absolute Gasteiger partial charge is 0.227 e. The molecule has 0 bridgehead atoms. The molecular formula is C18H24N4O2. The maximum absolute atomic E-state index is 12.7. The van der Waals surface area contributed by atoms with Gasteiger partial charge in [-0.3, -0.25) is 4.79 Å². The van der Waals surface area contributed by atoms with E-state index in [0.717, 1.165) is 25.2 Å². The fourth-order valence-corrected chi connectivity index (χ4v) is 2.94. The van der Waals surface area contributed by atoms with E-state index in [4.69, 9.17) is 4.52 Å². The predicted octanol–water partition coefficient (Wildman–Crippen LogP) is 2.30. The van der Waals surface area contributed by atoms with Crippen molar-refractivity contribution in [1.29, 1.82) is 0 Å². The zero-order chi connectivity index (χ0) is 16.9. The number of hydrogen-bond acceptors (Lipinski definition) is 5. The van der Waals surface area contributed by atoms with Crippen LogP contribution in [0.1, 0.15) is 49.5 Å². The van der Waals surface area contributed by atoms with Gasteiger partial charge >= 0.3 is 0 Å². The van der Waals surface area contributed by atoms with Gasteiger partial charge in [-0.2, -0.15) is 4.98 Å². The molecule has 0 radical (unpaired) electrons. The summed E-state index contributed by atoms with van der Waals surface area (Å²) in [6.07, 6.45) is 0.882. The van der Waals surface area contributed by atoms with Gasteiger partial charge in [0.25, 0.3) is 0 Å². The normalized spacial score (nSPS) is 18.1. The van der Waals surface area contributed by atoms with Crippen molar-refractivity contribution >= 4 is 5.91 Å². The number of nitrogens with zero attached hydrogens (tertiary/aromatic N) is 3. The first-order valence-electron chi connectivity index (χ1n) is 8.52. The van der Waals surface area contributed by atoms with Crippen LogP contribution in [0.15, 0.2) is 34.9 Å². The van der Waals surface area contributed by atoms with Crippen LogP contribution in [0.25, 0.3) is 0 Å². The largest absolute Gasteiger partial charge is 0.339 e. The highest BCUT2D eigenvalue weighted by Gasteiger charge is 2.27. The van der Waals surface area contributed by atoms with Gasteiger partial charge in [-0.05, 0) is 5.56 Å². The van der Waals surface area contributed by atoms with E-state index in [1.165, 1.54) is 0 Å². The summed E-state index contributed by atoms with van der Waals surface area (Å²) in [7, 11) is 0. The molecule has 2 aromatic rings. The van der Waals surface area contributed by atoms with Crippen LogP contribution in [0.4, 0.5) is 0 Å². The Hall–Kier alpha value is -2.21. The van der Waals surface area contributed by atoms with Crippen molar-refractivity contribution in [2.45, 2.75) is 38.6 Å². The molecule has 0 saturated carbocycles. The number of amides is 1. The Kier molecular flexibility index (Phi) is 5.25. The number of aromatic nitrogens is 2. The summed E-state index contributed by atoms with van der Waals surface area (Å²) < 4.78 is 5.23. The minimum Gasteiger partial charge on any atom is -0.339 e. The molecule has 1 aliphatic rings. The Morgan fingerprint density at radius 1 is 1.38 bits per heavy atom. The number of nitrogens with one attached hydrogen (secondary N) is 1. The molecule has 6 nitrogen and oxygen atoms in total. The van der Waals surface area contributed by atoms with Crippen LogP contribution in [0.2, 0.25) is 0 Å². The van der Waals surface area contributed by atoms with Crippen molar-refractivity contribution in [3.63, 3.8) is 0 Å².